The Labute approximate surface area is 124 Å². The Morgan fingerprint density at radius 3 is 2.50 bits per heavy atom. The van der Waals surface area contributed by atoms with Crippen LogP contribution in [-0.4, -0.2) is 35.5 Å². The molecule has 0 aliphatic carbocycles. The first-order valence-corrected chi connectivity index (χ1v) is 6.87. The molecule has 1 aliphatic rings. The van der Waals surface area contributed by atoms with Gasteiger partial charge in [0, 0.05) is 5.02 Å². The van der Waals surface area contributed by atoms with Gasteiger partial charge in [0.1, 0.15) is 18.5 Å². The summed E-state index contributed by atoms with van der Waals surface area (Å²) in [6.07, 6.45) is 0.360. The number of hydrogen-bond donors (Lipinski definition) is 2. The number of aliphatic hydroxyl groups is 1. The second-order valence-electron chi connectivity index (χ2n) is 5.83. The molecule has 0 amide bonds. The molecule has 0 fully saturated rings. The highest BCUT2D eigenvalue weighted by Crippen LogP contribution is 2.27. The molecule has 6 heteroatoms. The maximum atomic E-state index is 10.5. The fraction of sp³-hybridized carbons (Fsp3) is 0.500. The van der Waals surface area contributed by atoms with Crippen LogP contribution < -0.4 is 10.2 Å². The van der Waals surface area contributed by atoms with Gasteiger partial charge in [-0.05, 0) is 29.7 Å². The molecule has 1 aliphatic heterocycles. The highest BCUT2D eigenvalue weighted by molar-refractivity contribution is 6.30. The van der Waals surface area contributed by atoms with Gasteiger partial charge in [0.25, 0.3) is 0 Å². The standard InChI is InChI=1S/C14H20ClN3O2/c1-14(2,3)12(19)13(18-9-16-8-17-18)20-11-6-4-10(15)5-7-11/h4-8,12-13,19H,9H2,1-3H3,(H,16,17). The lowest BCUT2D eigenvalue weighted by Gasteiger charge is -2.37. The predicted octanol–water partition coefficient (Wildman–Crippen LogP) is 2.26. The molecule has 0 bridgehead atoms. The fourth-order valence-electron chi connectivity index (χ4n) is 1.82. The Morgan fingerprint density at radius 2 is 2.00 bits per heavy atom. The molecule has 0 saturated carbocycles. The van der Waals surface area contributed by atoms with E-state index >= 15 is 0 Å². The highest BCUT2D eigenvalue weighted by Gasteiger charge is 2.37. The molecule has 2 atom stereocenters. The van der Waals surface area contributed by atoms with Gasteiger partial charge >= 0.3 is 0 Å². The average molecular weight is 298 g/mol. The fourth-order valence-corrected chi connectivity index (χ4v) is 1.94. The van der Waals surface area contributed by atoms with Crippen molar-refractivity contribution in [1.29, 1.82) is 0 Å². The number of hydrazine groups is 1. The topological polar surface area (TPSA) is 57.1 Å². The molecule has 1 heterocycles. The third-order valence-electron chi connectivity index (χ3n) is 3.08. The zero-order valence-corrected chi connectivity index (χ0v) is 12.6. The van der Waals surface area contributed by atoms with E-state index in [4.69, 9.17) is 16.3 Å². The molecule has 0 spiro atoms. The minimum atomic E-state index is -0.688. The molecule has 2 N–H and O–H groups in total. The van der Waals surface area contributed by atoms with Gasteiger partial charge in [0.2, 0.25) is 0 Å². The molecule has 20 heavy (non-hydrogen) atoms. The van der Waals surface area contributed by atoms with Gasteiger partial charge in [0.15, 0.2) is 6.23 Å². The Morgan fingerprint density at radius 1 is 1.35 bits per heavy atom. The number of aliphatic imine (C=N–C) groups is 1. The minimum absolute atomic E-state index is 0.318. The van der Waals surface area contributed by atoms with Crippen LogP contribution in [0.1, 0.15) is 20.8 Å². The highest BCUT2D eigenvalue weighted by atomic mass is 35.5. The smallest absolute Gasteiger partial charge is 0.197 e. The number of nitrogens with zero attached hydrogens (tertiary/aromatic N) is 2. The van der Waals surface area contributed by atoms with Crippen molar-refractivity contribution >= 4 is 17.9 Å². The predicted molar refractivity (Wildman–Crippen MR) is 79.7 cm³/mol. The SMILES string of the molecule is CC(C)(C)C(O)C(Oc1ccc(Cl)cc1)N1CN=CN1. The van der Waals surface area contributed by atoms with Crippen molar-refractivity contribution in [2.24, 2.45) is 10.4 Å². The largest absolute Gasteiger partial charge is 0.471 e. The van der Waals surface area contributed by atoms with E-state index in [-0.39, 0.29) is 5.41 Å². The monoisotopic (exact) mass is 297 g/mol. The van der Waals surface area contributed by atoms with Gasteiger partial charge in [-0.3, -0.25) is 4.99 Å². The third-order valence-corrected chi connectivity index (χ3v) is 3.34. The first-order chi connectivity index (χ1) is 9.38. The van der Waals surface area contributed by atoms with Gasteiger partial charge in [0.05, 0.1) is 6.34 Å². The zero-order valence-electron chi connectivity index (χ0n) is 11.9. The molecule has 1 aromatic rings. The van der Waals surface area contributed by atoms with E-state index in [0.29, 0.717) is 17.4 Å². The number of aliphatic hydroxyl groups excluding tert-OH is 1. The van der Waals surface area contributed by atoms with Crippen molar-refractivity contribution in [3.8, 4) is 5.75 Å². The molecule has 5 nitrogen and oxygen atoms in total. The normalized spacial score (nSPS) is 18.6. The molecular weight excluding hydrogens is 278 g/mol. The van der Waals surface area contributed by atoms with Crippen LogP contribution in [0.25, 0.3) is 0 Å². The van der Waals surface area contributed by atoms with E-state index in [1.54, 1.807) is 35.6 Å². The number of nitrogens with one attached hydrogen (secondary N) is 1. The van der Waals surface area contributed by atoms with E-state index in [1.807, 2.05) is 20.8 Å². The molecule has 2 rings (SSSR count). The van der Waals surface area contributed by atoms with Crippen molar-refractivity contribution < 1.29 is 9.84 Å². The number of halogens is 1. The lowest BCUT2D eigenvalue weighted by molar-refractivity contribution is -0.113. The van der Waals surface area contributed by atoms with Gasteiger partial charge in [-0.25, -0.2) is 0 Å². The summed E-state index contributed by atoms with van der Waals surface area (Å²) in [4.78, 5) is 4.08. The van der Waals surface area contributed by atoms with Crippen molar-refractivity contribution in [1.82, 2.24) is 10.4 Å². The van der Waals surface area contributed by atoms with E-state index in [0.717, 1.165) is 0 Å². The summed E-state index contributed by atoms with van der Waals surface area (Å²) in [5.41, 5.74) is 2.65. The number of hydrogen-bond acceptors (Lipinski definition) is 5. The van der Waals surface area contributed by atoms with Gasteiger partial charge in [-0.15, -0.1) is 0 Å². The van der Waals surface area contributed by atoms with Crippen molar-refractivity contribution in [2.45, 2.75) is 33.1 Å². The lowest BCUT2D eigenvalue weighted by atomic mass is 9.88. The Kier molecular flexibility index (Phi) is 4.52. The van der Waals surface area contributed by atoms with E-state index in [2.05, 4.69) is 10.4 Å². The van der Waals surface area contributed by atoms with Crippen LogP contribution in [0, 0.1) is 5.41 Å². The van der Waals surface area contributed by atoms with E-state index < -0.39 is 12.3 Å². The van der Waals surface area contributed by atoms with Gasteiger partial charge < -0.3 is 15.3 Å². The molecule has 1 aromatic carbocycles. The summed E-state index contributed by atoms with van der Waals surface area (Å²) < 4.78 is 5.92. The quantitative estimate of drug-likeness (QED) is 0.895. The van der Waals surface area contributed by atoms with Crippen LogP contribution in [0.3, 0.4) is 0 Å². The Bertz CT molecular complexity index is 462. The summed E-state index contributed by atoms with van der Waals surface area (Å²) in [7, 11) is 0. The molecule has 110 valence electrons. The zero-order chi connectivity index (χ0) is 14.8. The Balaban J connectivity index is 2.16. The number of benzene rings is 1. The first-order valence-electron chi connectivity index (χ1n) is 6.49. The second-order valence-corrected chi connectivity index (χ2v) is 6.26. The summed E-state index contributed by atoms with van der Waals surface area (Å²) >= 11 is 5.86. The van der Waals surface area contributed by atoms with Crippen molar-refractivity contribution in [3.63, 3.8) is 0 Å². The maximum absolute atomic E-state index is 10.5. The van der Waals surface area contributed by atoms with Gasteiger partial charge in [-0.1, -0.05) is 32.4 Å². The minimum Gasteiger partial charge on any atom is -0.471 e. The van der Waals surface area contributed by atoms with Crippen LogP contribution in [-0.2, 0) is 0 Å². The summed E-state index contributed by atoms with van der Waals surface area (Å²) in [6, 6.07) is 7.07. The maximum Gasteiger partial charge on any atom is 0.197 e. The first kappa shape index (κ1) is 15.1. The molecular formula is C14H20ClN3O2. The lowest BCUT2D eigenvalue weighted by Crippen LogP contribution is -2.55. The van der Waals surface area contributed by atoms with Crippen LogP contribution in [0.2, 0.25) is 5.02 Å². The summed E-state index contributed by atoms with van der Waals surface area (Å²) in [5, 5.41) is 12.9. The van der Waals surface area contributed by atoms with Crippen LogP contribution in [0.4, 0.5) is 0 Å². The number of ether oxygens (including phenoxy) is 1. The number of rotatable bonds is 4. The second kappa shape index (κ2) is 5.99. The van der Waals surface area contributed by atoms with Crippen LogP contribution in [0.5, 0.6) is 5.75 Å². The van der Waals surface area contributed by atoms with Crippen molar-refractivity contribution in [3.05, 3.63) is 29.3 Å². The van der Waals surface area contributed by atoms with E-state index in [9.17, 15) is 5.11 Å². The Hall–Kier alpha value is -1.30. The molecule has 0 saturated heterocycles. The summed E-state index contributed by atoms with van der Waals surface area (Å²) in [5.74, 6) is 0.649. The average Bonchev–Trinajstić information content (AvgIpc) is 2.90. The van der Waals surface area contributed by atoms with Crippen LogP contribution >= 0.6 is 11.6 Å². The molecule has 0 radical (unpaired) electrons. The van der Waals surface area contributed by atoms with Gasteiger partial charge in [-0.2, -0.15) is 5.01 Å². The van der Waals surface area contributed by atoms with Crippen molar-refractivity contribution in [2.75, 3.05) is 6.67 Å². The summed E-state index contributed by atoms with van der Waals surface area (Å²) in [6.45, 7) is 6.33. The molecule has 2 unspecified atom stereocenters. The molecule has 0 aromatic heterocycles. The van der Waals surface area contributed by atoms with E-state index in [1.165, 1.54) is 0 Å². The third kappa shape index (κ3) is 3.62. The van der Waals surface area contributed by atoms with Crippen LogP contribution in [0.15, 0.2) is 29.3 Å².